The number of hydrogen-bond acceptors (Lipinski definition) is 2. The molecule has 2 rings (SSSR count). The first kappa shape index (κ1) is 10.9. The van der Waals surface area contributed by atoms with Crippen molar-refractivity contribution in [2.45, 2.75) is 33.0 Å². The van der Waals surface area contributed by atoms with Crippen molar-refractivity contribution in [1.82, 2.24) is 0 Å². The van der Waals surface area contributed by atoms with Gasteiger partial charge in [0.2, 0.25) is 0 Å². The van der Waals surface area contributed by atoms with Crippen molar-refractivity contribution < 1.29 is 9.47 Å². The van der Waals surface area contributed by atoms with E-state index in [-0.39, 0.29) is 5.41 Å². The molecule has 0 unspecified atom stereocenters. The van der Waals surface area contributed by atoms with E-state index in [9.17, 15) is 0 Å². The van der Waals surface area contributed by atoms with E-state index in [1.54, 1.807) is 0 Å². The van der Waals surface area contributed by atoms with Gasteiger partial charge in [-0.25, -0.2) is 0 Å². The standard InChI is InChI=1S/C11H19BrO2/c1-11(2,3)10-8-6-13-9(4-12)7(8)5-14-10/h7-10H,4-6H2,1-3H3/t7-,8-,9+,10-/m0/s1. The molecule has 4 atom stereocenters. The Morgan fingerprint density at radius 2 is 1.79 bits per heavy atom. The maximum Gasteiger partial charge on any atom is 0.0726 e. The van der Waals surface area contributed by atoms with Crippen LogP contribution in [0.25, 0.3) is 0 Å². The van der Waals surface area contributed by atoms with E-state index in [0.717, 1.165) is 18.5 Å². The highest BCUT2D eigenvalue weighted by Crippen LogP contribution is 2.43. The van der Waals surface area contributed by atoms with E-state index in [1.807, 2.05) is 0 Å². The maximum absolute atomic E-state index is 5.92. The molecule has 0 aromatic heterocycles. The van der Waals surface area contributed by atoms with Gasteiger partial charge in [-0.05, 0) is 5.41 Å². The quantitative estimate of drug-likeness (QED) is 0.676. The molecule has 0 aromatic carbocycles. The summed E-state index contributed by atoms with van der Waals surface area (Å²) in [6, 6.07) is 0. The number of fused-ring (bicyclic) bond motifs is 1. The molecule has 2 nitrogen and oxygen atoms in total. The van der Waals surface area contributed by atoms with Crippen molar-refractivity contribution in [1.29, 1.82) is 0 Å². The summed E-state index contributed by atoms with van der Waals surface area (Å²) in [6.45, 7) is 8.51. The number of rotatable bonds is 1. The molecule has 0 bridgehead atoms. The molecule has 0 aromatic rings. The van der Waals surface area contributed by atoms with Crippen LogP contribution in [-0.2, 0) is 9.47 Å². The zero-order valence-electron chi connectivity index (χ0n) is 9.13. The minimum absolute atomic E-state index is 0.240. The van der Waals surface area contributed by atoms with Crippen LogP contribution in [0.1, 0.15) is 20.8 Å². The van der Waals surface area contributed by atoms with Crippen molar-refractivity contribution in [2.75, 3.05) is 18.5 Å². The van der Waals surface area contributed by atoms with Crippen molar-refractivity contribution >= 4 is 15.9 Å². The van der Waals surface area contributed by atoms with Gasteiger partial charge in [0.1, 0.15) is 0 Å². The van der Waals surface area contributed by atoms with Gasteiger partial charge < -0.3 is 9.47 Å². The lowest BCUT2D eigenvalue weighted by Crippen LogP contribution is -2.33. The lowest BCUT2D eigenvalue weighted by molar-refractivity contribution is -0.0212. The molecule has 0 spiro atoms. The Morgan fingerprint density at radius 3 is 2.36 bits per heavy atom. The SMILES string of the molecule is CC(C)(C)[C@H]1OC[C@H]2[C@@H]1CO[C@@H]2CBr. The molecule has 14 heavy (non-hydrogen) atoms. The monoisotopic (exact) mass is 262 g/mol. The second-order valence-electron chi connectivity index (χ2n) is 5.47. The Morgan fingerprint density at radius 1 is 1.14 bits per heavy atom. The summed E-state index contributed by atoms with van der Waals surface area (Å²) in [5.74, 6) is 1.22. The molecule has 3 heteroatoms. The largest absolute Gasteiger partial charge is 0.377 e. The van der Waals surface area contributed by atoms with E-state index in [0.29, 0.717) is 24.0 Å². The summed E-state index contributed by atoms with van der Waals surface area (Å²) in [6.07, 6.45) is 0.740. The fourth-order valence-corrected chi connectivity index (χ4v) is 3.36. The second-order valence-corrected chi connectivity index (χ2v) is 6.12. The second kappa shape index (κ2) is 3.76. The fraction of sp³-hybridized carbons (Fsp3) is 1.00. The molecule has 0 N–H and O–H groups in total. The summed E-state index contributed by atoms with van der Waals surface area (Å²) in [4.78, 5) is 0. The lowest BCUT2D eigenvalue weighted by atomic mass is 9.78. The molecule has 0 aliphatic carbocycles. The third-order valence-corrected chi connectivity index (χ3v) is 4.03. The average molecular weight is 263 g/mol. The Labute approximate surface area is 94.5 Å². The van der Waals surface area contributed by atoms with Crippen LogP contribution >= 0.6 is 15.9 Å². The number of alkyl halides is 1. The van der Waals surface area contributed by atoms with Crippen LogP contribution in [0.2, 0.25) is 0 Å². The summed E-state index contributed by atoms with van der Waals surface area (Å²) in [5, 5.41) is 0.939. The summed E-state index contributed by atoms with van der Waals surface area (Å²) >= 11 is 3.50. The molecule has 2 fully saturated rings. The predicted molar refractivity (Wildman–Crippen MR) is 59.7 cm³/mol. The highest BCUT2D eigenvalue weighted by Gasteiger charge is 2.50. The van der Waals surface area contributed by atoms with Gasteiger partial charge in [-0.15, -0.1) is 0 Å². The van der Waals surface area contributed by atoms with Crippen LogP contribution in [0.4, 0.5) is 0 Å². The number of halogens is 1. The van der Waals surface area contributed by atoms with Gasteiger partial charge >= 0.3 is 0 Å². The first-order chi connectivity index (χ1) is 6.54. The Balaban J connectivity index is 2.08. The van der Waals surface area contributed by atoms with Gasteiger partial charge in [0.15, 0.2) is 0 Å². The normalized spacial score (nSPS) is 42.9. The van der Waals surface area contributed by atoms with Crippen LogP contribution in [0, 0.1) is 17.3 Å². The zero-order valence-corrected chi connectivity index (χ0v) is 10.7. The van der Waals surface area contributed by atoms with Crippen LogP contribution in [0.15, 0.2) is 0 Å². The third kappa shape index (κ3) is 1.74. The topological polar surface area (TPSA) is 18.5 Å². The molecule has 82 valence electrons. The average Bonchev–Trinajstić information content (AvgIpc) is 2.59. The molecule has 0 saturated carbocycles. The highest BCUT2D eigenvalue weighted by molar-refractivity contribution is 9.09. The molecule has 2 heterocycles. The van der Waals surface area contributed by atoms with Crippen molar-refractivity contribution in [3.63, 3.8) is 0 Å². The van der Waals surface area contributed by atoms with Crippen molar-refractivity contribution in [3.05, 3.63) is 0 Å². The maximum atomic E-state index is 5.92. The molecular weight excluding hydrogens is 244 g/mol. The van der Waals surface area contributed by atoms with Crippen molar-refractivity contribution in [3.8, 4) is 0 Å². The number of ether oxygens (including phenoxy) is 2. The Kier molecular flexibility index (Phi) is 2.93. The van der Waals surface area contributed by atoms with Crippen LogP contribution in [0.5, 0.6) is 0 Å². The first-order valence-electron chi connectivity index (χ1n) is 5.33. The van der Waals surface area contributed by atoms with Crippen LogP contribution in [-0.4, -0.2) is 30.8 Å². The highest BCUT2D eigenvalue weighted by atomic mass is 79.9. The lowest BCUT2D eigenvalue weighted by Gasteiger charge is -2.29. The molecular formula is C11H19BrO2. The molecule has 2 aliphatic heterocycles. The van der Waals surface area contributed by atoms with E-state index in [1.165, 1.54) is 0 Å². The van der Waals surface area contributed by atoms with Crippen LogP contribution in [0.3, 0.4) is 0 Å². The smallest absolute Gasteiger partial charge is 0.0726 e. The molecule has 0 amide bonds. The minimum atomic E-state index is 0.240. The van der Waals surface area contributed by atoms with E-state index in [2.05, 4.69) is 36.7 Å². The van der Waals surface area contributed by atoms with Crippen LogP contribution < -0.4 is 0 Å². The third-order valence-electron chi connectivity index (χ3n) is 3.39. The molecule has 2 saturated heterocycles. The molecule has 0 radical (unpaired) electrons. The predicted octanol–water partition coefficient (Wildman–Crippen LogP) is 2.46. The van der Waals surface area contributed by atoms with Gasteiger partial charge in [0.25, 0.3) is 0 Å². The fourth-order valence-electron chi connectivity index (χ4n) is 2.69. The van der Waals surface area contributed by atoms with Gasteiger partial charge in [-0.1, -0.05) is 36.7 Å². The summed E-state index contributed by atoms with van der Waals surface area (Å²) in [5.41, 5.74) is 0.240. The first-order valence-corrected chi connectivity index (χ1v) is 6.45. The Bertz CT molecular complexity index is 212. The van der Waals surface area contributed by atoms with Gasteiger partial charge in [0, 0.05) is 17.2 Å². The van der Waals surface area contributed by atoms with Gasteiger partial charge in [-0.3, -0.25) is 0 Å². The number of hydrogen-bond donors (Lipinski definition) is 0. The Hall–Kier alpha value is 0.400. The minimum Gasteiger partial charge on any atom is -0.377 e. The summed E-state index contributed by atoms with van der Waals surface area (Å²) in [7, 11) is 0. The van der Waals surface area contributed by atoms with Gasteiger partial charge in [-0.2, -0.15) is 0 Å². The van der Waals surface area contributed by atoms with Crippen molar-refractivity contribution in [2.24, 2.45) is 17.3 Å². The van der Waals surface area contributed by atoms with Gasteiger partial charge in [0.05, 0.1) is 25.4 Å². The zero-order chi connectivity index (χ0) is 10.3. The van der Waals surface area contributed by atoms with E-state index in [4.69, 9.17) is 9.47 Å². The summed E-state index contributed by atoms with van der Waals surface area (Å²) < 4.78 is 11.7. The van der Waals surface area contributed by atoms with E-state index < -0.39 is 0 Å². The van der Waals surface area contributed by atoms with E-state index >= 15 is 0 Å². The molecule has 2 aliphatic rings.